The van der Waals surface area contributed by atoms with Crippen LogP contribution in [-0.4, -0.2) is 86.8 Å². The SMILES string of the molecule is Cc1nc(C)c(-c2ccc3cc(-c4c(-c5ccccc5)c5sc(C(=O)O)cc5n4CC(=O)N4CCC(N5CCOCC5)CC4)ccc3n2)s1. The summed E-state index contributed by atoms with van der Waals surface area (Å²) >= 11 is 2.91. The van der Waals surface area contributed by atoms with Crippen LogP contribution < -0.4 is 0 Å². The summed E-state index contributed by atoms with van der Waals surface area (Å²) in [6.07, 6.45) is 1.88. The molecule has 2 fully saturated rings. The Morgan fingerprint density at radius 3 is 2.39 bits per heavy atom. The third kappa shape index (κ3) is 6.05. The molecule has 0 spiro atoms. The summed E-state index contributed by atoms with van der Waals surface area (Å²) in [5.74, 6) is -0.924. The second-order valence-electron chi connectivity index (χ2n) is 12.8. The Labute approximate surface area is 292 Å². The van der Waals surface area contributed by atoms with E-state index in [9.17, 15) is 14.7 Å². The summed E-state index contributed by atoms with van der Waals surface area (Å²) in [6.45, 7) is 9.00. The molecule has 9 nitrogen and oxygen atoms in total. The maximum atomic E-state index is 14.1. The normalized spacial score (nSPS) is 16.2. The highest BCUT2D eigenvalue weighted by atomic mass is 32.1. The second kappa shape index (κ2) is 13.1. The van der Waals surface area contributed by atoms with Crippen molar-refractivity contribution in [3.05, 3.63) is 82.3 Å². The molecule has 8 rings (SSSR count). The molecular weight excluding hydrogens is 655 g/mol. The zero-order chi connectivity index (χ0) is 33.6. The molecule has 2 saturated heterocycles. The van der Waals surface area contributed by atoms with Gasteiger partial charge in [-0.15, -0.1) is 22.7 Å². The van der Waals surface area contributed by atoms with Crippen molar-refractivity contribution < 1.29 is 19.4 Å². The van der Waals surface area contributed by atoms with E-state index >= 15 is 0 Å². The number of thiazole rings is 1. The largest absolute Gasteiger partial charge is 0.477 e. The number of likely N-dealkylation sites (tertiary alicyclic amines) is 1. The summed E-state index contributed by atoms with van der Waals surface area (Å²) < 4.78 is 8.46. The van der Waals surface area contributed by atoms with Crippen LogP contribution in [0.1, 0.15) is 33.2 Å². The number of thiophene rings is 1. The molecular formula is C38H37N5O4S2. The molecule has 4 aromatic heterocycles. The number of carboxylic acid groups (broad SMARTS) is 1. The van der Waals surface area contributed by atoms with Gasteiger partial charge < -0.3 is 19.3 Å². The first kappa shape index (κ1) is 31.8. The van der Waals surface area contributed by atoms with E-state index < -0.39 is 5.97 Å². The Bertz CT molecular complexity index is 2190. The van der Waals surface area contributed by atoms with E-state index in [1.807, 2.05) is 53.6 Å². The predicted octanol–water partition coefficient (Wildman–Crippen LogP) is 7.35. The highest BCUT2D eigenvalue weighted by molar-refractivity contribution is 7.21. The summed E-state index contributed by atoms with van der Waals surface area (Å²) in [5.41, 5.74) is 7.28. The molecule has 0 bridgehead atoms. The number of aromatic nitrogens is 3. The Kier molecular flexibility index (Phi) is 8.53. The number of aryl methyl sites for hydroxylation is 2. The molecule has 0 atom stereocenters. The molecule has 49 heavy (non-hydrogen) atoms. The number of rotatable bonds is 7. The highest BCUT2D eigenvalue weighted by Crippen LogP contribution is 2.45. The summed E-state index contributed by atoms with van der Waals surface area (Å²) in [6, 6.07) is 22.6. The number of morpholine rings is 1. The number of ether oxygens (including phenoxy) is 1. The average Bonchev–Trinajstić information content (AvgIpc) is 3.80. The molecule has 0 aliphatic carbocycles. The fourth-order valence-electron chi connectivity index (χ4n) is 7.39. The minimum absolute atomic E-state index is 0.0450. The lowest BCUT2D eigenvalue weighted by Crippen LogP contribution is -2.50. The first-order chi connectivity index (χ1) is 23.8. The number of carbonyl (C=O) groups is 2. The van der Waals surface area contributed by atoms with Gasteiger partial charge >= 0.3 is 5.97 Å². The Morgan fingerprint density at radius 1 is 0.898 bits per heavy atom. The van der Waals surface area contributed by atoms with Crippen molar-refractivity contribution in [1.82, 2.24) is 24.3 Å². The van der Waals surface area contributed by atoms with Crippen LogP contribution in [0.3, 0.4) is 0 Å². The molecule has 0 unspecified atom stereocenters. The van der Waals surface area contributed by atoms with Crippen LogP contribution in [0.4, 0.5) is 0 Å². The molecule has 0 radical (unpaired) electrons. The van der Waals surface area contributed by atoms with Gasteiger partial charge in [-0.1, -0.05) is 42.5 Å². The lowest BCUT2D eigenvalue weighted by atomic mass is 9.99. The van der Waals surface area contributed by atoms with E-state index in [1.54, 1.807) is 17.4 Å². The van der Waals surface area contributed by atoms with E-state index in [4.69, 9.17) is 9.72 Å². The van der Waals surface area contributed by atoms with Crippen LogP contribution in [0, 0.1) is 13.8 Å². The van der Waals surface area contributed by atoms with Gasteiger partial charge in [-0.3, -0.25) is 9.69 Å². The molecule has 2 aromatic carbocycles. The number of hydrogen-bond donors (Lipinski definition) is 1. The van der Waals surface area contributed by atoms with Crippen LogP contribution in [0.25, 0.3) is 54.1 Å². The molecule has 11 heteroatoms. The second-order valence-corrected chi connectivity index (χ2v) is 15.1. The van der Waals surface area contributed by atoms with Gasteiger partial charge in [0, 0.05) is 43.2 Å². The number of piperidine rings is 1. The van der Waals surface area contributed by atoms with E-state index in [0.717, 1.165) is 104 Å². The fourth-order valence-corrected chi connectivity index (χ4v) is 9.35. The smallest absolute Gasteiger partial charge is 0.345 e. The van der Waals surface area contributed by atoms with E-state index in [-0.39, 0.29) is 17.3 Å². The Morgan fingerprint density at radius 2 is 1.67 bits per heavy atom. The maximum Gasteiger partial charge on any atom is 0.345 e. The monoisotopic (exact) mass is 691 g/mol. The van der Waals surface area contributed by atoms with Crippen LogP contribution in [-0.2, 0) is 16.1 Å². The van der Waals surface area contributed by atoms with E-state index in [1.165, 1.54) is 11.3 Å². The number of amides is 1. The lowest BCUT2D eigenvalue weighted by molar-refractivity contribution is -0.133. The number of nitrogens with zero attached hydrogens (tertiary/aromatic N) is 5. The van der Waals surface area contributed by atoms with Gasteiger partial charge in [0.1, 0.15) is 11.4 Å². The zero-order valence-electron chi connectivity index (χ0n) is 27.5. The molecule has 6 aromatic rings. The first-order valence-electron chi connectivity index (χ1n) is 16.7. The molecule has 2 aliphatic rings. The average molecular weight is 692 g/mol. The lowest BCUT2D eigenvalue weighted by Gasteiger charge is -2.40. The minimum atomic E-state index is -0.969. The predicted molar refractivity (Wildman–Crippen MR) is 196 cm³/mol. The quantitative estimate of drug-likeness (QED) is 0.187. The van der Waals surface area contributed by atoms with E-state index in [2.05, 4.69) is 40.2 Å². The van der Waals surface area contributed by atoms with Crippen LogP contribution in [0.5, 0.6) is 0 Å². The Balaban J connectivity index is 1.20. The summed E-state index contributed by atoms with van der Waals surface area (Å²) in [7, 11) is 0. The van der Waals surface area contributed by atoms with Crippen LogP contribution in [0.15, 0.2) is 66.7 Å². The third-order valence-electron chi connectivity index (χ3n) is 9.78. The van der Waals surface area contributed by atoms with Crippen molar-refractivity contribution in [2.75, 3.05) is 39.4 Å². The zero-order valence-corrected chi connectivity index (χ0v) is 29.1. The van der Waals surface area contributed by atoms with Crippen molar-refractivity contribution >= 4 is 55.7 Å². The first-order valence-corrected chi connectivity index (χ1v) is 18.4. The molecule has 0 saturated carbocycles. The fraction of sp³-hybridized carbons (Fsp3) is 0.316. The number of aromatic carboxylic acids is 1. The standard InChI is InChI=1S/C38H37N5O4S2/c1-23-36(48-24(2)39-23)30-11-8-26-20-27(9-10-29(26)40-30)35-34(25-6-4-3-5-7-25)37-31(21-32(49-37)38(45)46)43(35)22-33(44)42-14-12-28(13-15-42)41-16-18-47-19-17-41/h3-11,20-21,28H,12-19,22H2,1-2H3,(H,45,46). The van der Waals surface area contributed by atoms with Crippen LogP contribution in [0.2, 0.25) is 0 Å². The van der Waals surface area contributed by atoms with Crippen molar-refractivity contribution in [3.8, 4) is 33.0 Å². The van der Waals surface area contributed by atoms with Gasteiger partial charge in [0.2, 0.25) is 5.91 Å². The highest BCUT2D eigenvalue weighted by Gasteiger charge is 2.30. The number of carbonyl (C=O) groups excluding carboxylic acids is 1. The van der Waals surface area contributed by atoms with Crippen molar-refractivity contribution in [2.45, 2.75) is 39.3 Å². The van der Waals surface area contributed by atoms with E-state index in [0.29, 0.717) is 19.1 Å². The van der Waals surface area contributed by atoms with Crippen molar-refractivity contribution in [1.29, 1.82) is 0 Å². The molecule has 2 aliphatic heterocycles. The molecule has 1 N–H and O–H groups in total. The number of fused-ring (bicyclic) bond motifs is 2. The third-order valence-corrected chi connectivity index (χ3v) is 12.0. The maximum absolute atomic E-state index is 14.1. The number of carboxylic acids is 1. The Hall–Kier alpha value is -4.42. The van der Waals surface area contributed by atoms with Gasteiger partial charge in [-0.2, -0.15) is 0 Å². The summed E-state index contributed by atoms with van der Waals surface area (Å²) in [4.78, 5) is 41.7. The van der Waals surface area contributed by atoms with Gasteiger partial charge in [-0.25, -0.2) is 14.8 Å². The van der Waals surface area contributed by atoms with Gasteiger partial charge in [-0.05, 0) is 62.1 Å². The topological polar surface area (TPSA) is 101 Å². The summed E-state index contributed by atoms with van der Waals surface area (Å²) in [5, 5.41) is 12.0. The molecule has 1 amide bonds. The minimum Gasteiger partial charge on any atom is -0.477 e. The number of pyridine rings is 1. The number of benzene rings is 2. The van der Waals surface area contributed by atoms with Crippen LogP contribution >= 0.6 is 22.7 Å². The molecule has 250 valence electrons. The van der Waals surface area contributed by atoms with Gasteiger partial charge in [0.05, 0.1) is 55.9 Å². The van der Waals surface area contributed by atoms with Crippen molar-refractivity contribution in [3.63, 3.8) is 0 Å². The van der Waals surface area contributed by atoms with Gasteiger partial charge in [0.15, 0.2) is 0 Å². The van der Waals surface area contributed by atoms with Gasteiger partial charge in [0.25, 0.3) is 0 Å². The number of hydrogen-bond acceptors (Lipinski definition) is 8. The van der Waals surface area contributed by atoms with Crippen molar-refractivity contribution in [2.24, 2.45) is 0 Å². The molecule has 6 heterocycles.